The molecule has 4 aliphatic rings. The lowest BCUT2D eigenvalue weighted by Crippen LogP contribution is -2.37. The molecule has 4 nitrogen and oxygen atoms in total. The van der Waals surface area contributed by atoms with Crippen LogP contribution in [0.5, 0.6) is 0 Å². The van der Waals surface area contributed by atoms with Crippen LogP contribution >= 0.6 is 0 Å². The minimum atomic E-state index is 0.180. The summed E-state index contributed by atoms with van der Waals surface area (Å²) in [5.74, 6) is 2.08. The molecule has 0 aromatic heterocycles. The number of likely N-dealkylation sites (tertiary alicyclic amines) is 2. The summed E-state index contributed by atoms with van der Waals surface area (Å²) in [7, 11) is 0. The van der Waals surface area contributed by atoms with E-state index in [0.29, 0.717) is 23.7 Å². The zero-order chi connectivity index (χ0) is 19.6. The van der Waals surface area contributed by atoms with E-state index in [9.17, 15) is 4.79 Å². The summed E-state index contributed by atoms with van der Waals surface area (Å²) in [5.41, 5.74) is 2.86. The number of rotatable bonds is 5. The molecule has 0 radical (unpaired) electrons. The fraction of sp³-hybridized carbons (Fsp3) is 0.640. The first kappa shape index (κ1) is 19.3. The molecule has 5 rings (SSSR count). The van der Waals surface area contributed by atoms with Crippen LogP contribution in [0.15, 0.2) is 36.4 Å². The van der Waals surface area contributed by atoms with E-state index in [1.165, 1.54) is 43.6 Å². The predicted octanol–water partition coefficient (Wildman–Crippen LogP) is 3.48. The SMILES string of the molecule is O=C(C1CCOCC1)N1CC2C=CC(c3ccc(CCN4CCCC4)cc3)C2C1. The van der Waals surface area contributed by atoms with Gasteiger partial charge in [-0.15, -0.1) is 0 Å². The van der Waals surface area contributed by atoms with E-state index >= 15 is 0 Å². The molecule has 3 aliphatic heterocycles. The Morgan fingerprint density at radius 2 is 1.76 bits per heavy atom. The first-order valence-corrected chi connectivity index (χ1v) is 11.6. The van der Waals surface area contributed by atoms with Crippen molar-refractivity contribution in [3.05, 3.63) is 47.5 Å². The van der Waals surface area contributed by atoms with Crippen LogP contribution in [-0.4, -0.2) is 61.6 Å². The van der Waals surface area contributed by atoms with Gasteiger partial charge in [0.2, 0.25) is 5.91 Å². The second-order valence-corrected chi connectivity index (χ2v) is 9.41. The van der Waals surface area contributed by atoms with Gasteiger partial charge in [0.25, 0.3) is 0 Å². The highest BCUT2D eigenvalue weighted by Gasteiger charge is 2.42. The fourth-order valence-electron chi connectivity index (χ4n) is 5.78. The summed E-state index contributed by atoms with van der Waals surface area (Å²) in [6.07, 6.45) is 10.4. The number of hydrogen-bond donors (Lipinski definition) is 0. The van der Waals surface area contributed by atoms with E-state index < -0.39 is 0 Å². The van der Waals surface area contributed by atoms with Gasteiger partial charge < -0.3 is 14.5 Å². The van der Waals surface area contributed by atoms with Gasteiger partial charge >= 0.3 is 0 Å². The number of ether oxygens (including phenoxy) is 1. The van der Waals surface area contributed by atoms with Gasteiger partial charge in [-0.25, -0.2) is 0 Å². The van der Waals surface area contributed by atoms with E-state index in [-0.39, 0.29) is 5.92 Å². The number of hydrogen-bond acceptors (Lipinski definition) is 3. The van der Waals surface area contributed by atoms with Crippen LogP contribution in [0.4, 0.5) is 0 Å². The lowest BCUT2D eigenvalue weighted by Gasteiger charge is -2.27. The summed E-state index contributed by atoms with van der Waals surface area (Å²) in [6.45, 7) is 7.04. The van der Waals surface area contributed by atoms with Crippen LogP contribution in [-0.2, 0) is 16.0 Å². The standard InChI is InChI=1S/C25H34N2O2/c28-25(21-10-15-29-16-11-21)27-17-22-7-8-23(24(22)18-27)20-5-3-19(4-6-20)9-14-26-12-1-2-13-26/h3-8,21-24H,1-2,9-18H2. The Hall–Kier alpha value is -1.65. The predicted molar refractivity (Wildman–Crippen MR) is 115 cm³/mol. The van der Waals surface area contributed by atoms with Gasteiger partial charge in [-0.3, -0.25) is 4.79 Å². The van der Waals surface area contributed by atoms with Gasteiger partial charge in [-0.1, -0.05) is 36.4 Å². The molecule has 4 heteroatoms. The van der Waals surface area contributed by atoms with E-state index in [1.807, 2.05) is 0 Å². The van der Waals surface area contributed by atoms with E-state index in [1.54, 1.807) is 0 Å². The fourth-order valence-corrected chi connectivity index (χ4v) is 5.78. The molecule has 1 amide bonds. The molecule has 3 saturated heterocycles. The van der Waals surface area contributed by atoms with Gasteiger partial charge in [0.05, 0.1) is 0 Å². The van der Waals surface area contributed by atoms with Gasteiger partial charge in [0.15, 0.2) is 0 Å². The number of benzene rings is 1. The van der Waals surface area contributed by atoms with Crippen molar-refractivity contribution in [1.82, 2.24) is 9.80 Å². The Kier molecular flexibility index (Phi) is 5.74. The van der Waals surface area contributed by atoms with E-state index in [4.69, 9.17) is 4.74 Å². The first-order valence-electron chi connectivity index (χ1n) is 11.6. The number of nitrogens with zero attached hydrogens (tertiary/aromatic N) is 2. The van der Waals surface area contributed by atoms with Crippen molar-refractivity contribution in [3.63, 3.8) is 0 Å². The molecule has 3 atom stereocenters. The summed E-state index contributed by atoms with van der Waals surface area (Å²) in [6, 6.07) is 9.32. The summed E-state index contributed by atoms with van der Waals surface area (Å²) < 4.78 is 5.43. The van der Waals surface area contributed by atoms with Crippen molar-refractivity contribution >= 4 is 5.91 Å². The quantitative estimate of drug-likeness (QED) is 0.717. The highest BCUT2D eigenvalue weighted by Crippen LogP contribution is 2.43. The third kappa shape index (κ3) is 4.15. The third-order valence-corrected chi connectivity index (χ3v) is 7.60. The zero-order valence-corrected chi connectivity index (χ0v) is 17.5. The second kappa shape index (κ2) is 8.61. The summed E-state index contributed by atoms with van der Waals surface area (Å²) in [5, 5.41) is 0. The van der Waals surface area contributed by atoms with Crippen LogP contribution < -0.4 is 0 Å². The molecule has 3 fully saturated rings. The molecule has 156 valence electrons. The molecule has 1 aliphatic carbocycles. The average Bonchev–Trinajstić information content (AvgIpc) is 3.50. The van der Waals surface area contributed by atoms with Crippen molar-refractivity contribution in [2.24, 2.45) is 17.8 Å². The molecule has 0 spiro atoms. The zero-order valence-electron chi connectivity index (χ0n) is 17.5. The van der Waals surface area contributed by atoms with Gasteiger partial charge in [0.1, 0.15) is 0 Å². The molecule has 0 bridgehead atoms. The van der Waals surface area contributed by atoms with Crippen molar-refractivity contribution in [3.8, 4) is 0 Å². The summed E-state index contributed by atoms with van der Waals surface area (Å²) in [4.78, 5) is 17.7. The smallest absolute Gasteiger partial charge is 0.225 e. The number of fused-ring (bicyclic) bond motifs is 1. The van der Waals surface area contributed by atoms with Crippen molar-refractivity contribution < 1.29 is 9.53 Å². The maximum atomic E-state index is 12.9. The van der Waals surface area contributed by atoms with Crippen LogP contribution in [0.3, 0.4) is 0 Å². The maximum Gasteiger partial charge on any atom is 0.225 e. The Labute approximate surface area is 174 Å². The molecule has 0 saturated carbocycles. The molecular formula is C25H34N2O2. The second-order valence-electron chi connectivity index (χ2n) is 9.41. The third-order valence-electron chi connectivity index (χ3n) is 7.60. The number of allylic oxidation sites excluding steroid dienone is 1. The lowest BCUT2D eigenvalue weighted by molar-refractivity contribution is -0.137. The monoisotopic (exact) mass is 394 g/mol. The van der Waals surface area contributed by atoms with Crippen LogP contribution in [0.1, 0.15) is 42.7 Å². The maximum absolute atomic E-state index is 12.9. The van der Waals surface area contributed by atoms with Crippen molar-refractivity contribution in [2.75, 3.05) is 45.9 Å². The molecule has 29 heavy (non-hydrogen) atoms. The van der Waals surface area contributed by atoms with E-state index in [0.717, 1.165) is 45.6 Å². The van der Waals surface area contributed by atoms with Crippen LogP contribution in [0, 0.1) is 17.8 Å². The molecule has 0 N–H and O–H groups in total. The van der Waals surface area contributed by atoms with Gasteiger partial charge in [-0.05, 0) is 68.2 Å². The first-order chi connectivity index (χ1) is 14.3. The number of amides is 1. The Balaban J connectivity index is 1.19. The molecule has 1 aromatic carbocycles. The highest BCUT2D eigenvalue weighted by atomic mass is 16.5. The van der Waals surface area contributed by atoms with Crippen LogP contribution in [0.2, 0.25) is 0 Å². The Morgan fingerprint density at radius 1 is 1.00 bits per heavy atom. The summed E-state index contributed by atoms with van der Waals surface area (Å²) >= 11 is 0. The molecular weight excluding hydrogens is 360 g/mol. The minimum Gasteiger partial charge on any atom is -0.381 e. The van der Waals surface area contributed by atoms with Gasteiger partial charge in [-0.2, -0.15) is 0 Å². The Bertz CT molecular complexity index is 732. The normalized spacial score (nSPS) is 30.2. The molecule has 3 heterocycles. The van der Waals surface area contributed by atoms with Crippen molar-refractivity contribution in [2.45, 2.75) is 38.0 Å². The van der Waals surface area contributed by atoms with Crippen LogP contribution in [0.25, 0.3) is 0 Å². The minimum absolute atomic E-state index is 0.180. The van der Waals surface area contributed by atoms with Gasteiger partial charge in [0, 0.05) is 44.7 Å². The molecule has 3 unspecified atom stereocenters. The Morgan fingerprint density at radius 3 is 2.52 bits per heavy atom. The largest absolute Gasteiger partial charge is 0.381 e. The lowest BCUT2D eigenvalue weighted by atomic mass is 9.85. The highest BCUT2D eigenvalue weighted by molar-refractivity contribution is 5.79. The number of carbonyl (C=O) groups is 1. The number of carbonyl (C=O) groups excluding carboxylic acids is 1. The molecule has 1 aromatic rings. The topological polar surface area (TPSA) is 32.8 Å². The van der Waals surface area contributed by atoms with Crippen molar-refractivity contribution in [1.29, 1.82) is 0 Å². The van der Waals surface area contributed by atoms with E-state index in [2.05, 4.69) is 46.2 Å². The average molecular weight is 395 g/mol.